The van der Waals surface area contributed by atoms with Crippen LogP contribution in [-0.4, -0.2) is 84.4 Å². The molecule has 1 aliphatic rings. The lowest BCUT2D eigenvalue weighted by Crippen LogP contribution is -2.45. The summed E-state index contributed by atoms with van der Waals surface area (Å²) >= 11 is 0. The fourth-order valence-electron chi connectivity index (χ4n) is 4.84. The molecule has 0 unspecified atom stereocenters. The number of aliphatic carboxylic acids is 2. The zero-order chi connectivity index (χ0) is 34.0. The van der Waals surface area contributed by atoms with Crippen LogP contribution in [0.1, 0.15) is 49.7 Å². The number of halogens is 1. The lowest BCUT2D eigenvalue weighted by atomic mass is 9.80. The molecular weight excluding hydrogens is 601 g/mol. The van der Waals surface area contributed by atoms with Gasteiger partial charge in [0.1, 0.15) is 5.82 Å². The van der Waals surface area contributed by atoms with Gasteiger partial charge in [-0.3, -0.25) is 4.79 Å². The lowest BCUT2D eigenvalue weighted by Gasteiger charge is -2.35. The third kappa shape index (κ3) is 9.70. The van der Waals surface area contributed by atoms with Gasteiger partial charge in [0.05, 0.1) is 24.2 Å². The summed E-state index contributed by atoms with van der Waals surface area (Å²) in [6.07, 6.45) is -3.55. The molecular formula is C34H36FNO10. The number of esters is 3. The second-order valence-electron chi connectivity index (χ2n) is 10.9. The van der Waals surface area contributed by atoms with Gasteiger partial charge in [0.15, 0.2) is 0 Å². The molecule has 3 aromatic carbocycles. The van der Waals surface area contributed by atoms with E-state index in [1.165, 1.54) is 43.5 Å². The molecule has 4 atom stereocenters. The Kier molecular flexibility index (Phi) is 12.5. The molecule has 0 radical (unpaired) electrons. The van der Waals surface area contributed by atoms with Gasteiger partial charge in [0, 0.05) is 6.54 Å². The van der Waals surface area contributed by atoms with E-state index in [-0.39, 0.29) is 34.7 Å². The molecule has 0 amide bonds. The predicted octanol–water partition coefficient (Wildman–Crippen LogP) is 4.26. The summed E-state index contributed by atoms with van der Waals surface area (Å²) in [7, 11) is 3.41. The molecule has 0 aliphatic carbocycles. The quantitative estimate of drug-likeness (QED) is 0.255. The molecule has 46 heavy (non-hydrogen) atoms. The van der Waals surface area contributed by atoms with Crippen LogP contribution in [0.4, 0.5) is 4.39 Å². The Morgan fingerprint density at radius 3 is 1.59 bits per heavy atom. The van der Waals surface area contributed by atoms with Crippen molar-refractivity contribution < 1.29 is 52.8 Å². The summed E-state index contributed by atoms with van der Waals surface area (Å²) < 4.78 is 27.5. The van der Waals surface area contributed by atoms with Crippen molar-refractivity contribution in [2.75, 3.05) is 27.2 Å². The zero-order valence-corrected chi connectivity index (χ0v) is 25.8. The minimum atomic E-state index is -2.22. The lowest BCUT2D eigenvalue weighted by molar-refractivity contribution is -0.166. The Morgan fingerprint density at radius 1 is 0.761 bits per heavy atom. The van der Waals surface area contributed by atoms with Crippen LogP contribution in [0.5, 0.6) is 0 Å². The molecule has 4 rings (SSSR count). The topological polar surface area (TPSA) is 157 Å². The smallest absolute Gasteiger partial charge is 0.349 e. The van der Waals surface area contributed by atoms with Crippen LogP contribution in [0.15, 0.2) is 72.8 Å². The average molecular weight is 638 g/mol. The number of likely N-dealkylation sites (tertiary alicyclic amines) is 1. The Morgan fingerprint density at radius 2 is 1.20 bits per heavy atom. The molecule has 1 fully saturated rings. The maximum atomic E-state index is 12.9. The van der Waals surface area contributed by atoms with Crippen LogP contribution in [0.25, 0.3) is 0 Å². The molecule has 12 heteroatoms. The zero-order valence-electron chi connectivity index (χ0n) is 25.8. The van der Waals surface area contributed by atoms with Crippen molar-refractivity contribution in [2.24, 2.45) is 5.92 Å². The summed E-state index contributed by atoms with van der Waals surface area (Å²) in [4.78, 5) is 61.3. The molecule has 3 aromatic rings. The third-order valence-electron chi connectivity index (χ3n) is 7.42. The number of rotatable bonds is 9. The first-order valence-electron chi connectivity index (χ1n) is 14.3. The summed E-state index contributed by atoms with van der Waals surface area (Å²) in [5.74, 6) is -6.10. The first kappa shape index (κ1) is 35.4. The van der Waals surface area contributed by atoms with E-state index in [0.717, 1.165) is 29.7 Å². The highest BCUT2D eigenvalue weighted by molar-refractivity contribution is 5.95. The van der Waals surface area contributed by atoms with Gasteiger partial charge in [0.2, 0.25) is 12.2 Å². The fourth-order valence-corrected chi connectivity index (χ4v) is 4.84. The highest BCUT2D eigenvalue weighted by Crippen LogP contribution is 2.33. The first-order chi connectivity index (χ1) is 21.8. The summed E-state index contributed by atoms with van der Waals surface area (Å²) in [6.45, 7) is 5.21. The van der Waals surface area contributed by atoms with Crippen molar-refractivity contribution in [3.05, 3.63) is 106 Å². The monoisotopic (exact) mass is 637 g/mol. The van der Waals surface area contributed by atoms with Crippen molar-refractivity contribution in [2.45, 2.75) is 38.4 Å². The van der Waals surface area contributed by atoms with E-state index < -0.39 is 36.1 Å². The van der Waals surface area contributed by atoms with Crippen molar-refractivity contribution in [1.82, 2.24) is 4.90 Å². The van der Waals surface area contributed by atoms with E-state index in [0.29, 0.717) is 6.54 Å². The van der Waals surface area contributed by atoms with E-state index in [1.807, 2.05) is 7.05 Å². The number of aryl methyl sites for hydroxylation is 2. The van der Waals surface area contributed by atoms with Gasteiger partial charge >= 0.3 is 29.8 Å². The Balaban J connectivity index is 0.000000275. The number of carbonyl (C=O) groups is 5. The highest BCUT2D eigenvalue weighted by atomic mass is 19.1. The predicted molar refractivity (Wildman–Crippen MR) is 163 cm³/mol. The largest absolute Gasteiger partial charge is 0.478 e. The van der Waals surface area contributed by atoms with Crippen molar-refractivity contribution in [1.29, 1.82) is 0 Å². The number of nitrogens with zero attached hydrogens (tertiary/aromatic N) is 1. The molecule has 1 aliphatic heterocycles. The molecule has 1 saturated heterocycles. The summed E-state index contributed by atoms with van der Waals surface area (Å²) in [6, 6.07) is 18.5. The minimum absolute atomic E-state index is 0.0332. The number of carboxylic acid groups (broad SMARTS) is 2. The van der Waals surface area contributed by atoms with Gasteiger partial charge in [-0.15, -0.1) is 0 Å². The Labute approximate surface area is 265 Å². The SMILES string of the molecule is COC(=O)[C@@H]1CN(C)CC[C@@H]1c1ccc(F)cc1.Cc1ccc(C(=O)O[C@H](C(=O)O)[C@H](OC(=O)c2ccc(C)cc2)C(=O)O)cc1. The molecule has 1 heterocycles. The second-order valence-corrected chi connectivity index (χ2v) is 10.9. The number of hydrogen-bond acceptors (Lipinski definition) is 9. The standard InChI is InChI=1S/C20H18O8.C14H18FNO2/c1-11-3-7-13(8-4-11)19(25)27-15(17(21)22)16(18(23)24)28-20(26)14-9-5-12(2)6-10-14;1-16-8-7-12(13(9-16)14(17)18-2)10-3-5-11(15)6-4-10/h3-10,15-16H,1-2H3,(H,21,22)(H,23,24);3-6,12-13H,7-9H2,1-2H3/t15-,16-;12-,13-/m01/s1. The van der Waals surface area contributed by atoms with Crippen molar-refractivity contribution in [3.63, 3.8) is 0 Å². The molecule has 244 valence electrons. The van der Waals surface area contributed by atoms with Crippen LogP contribution >= 0.6 is 0 Å². The highest BCUT2D eigenvalue weighted by Gasteiger charge is 2.41. The number of carbonyl (C=O) groups excluding carboxylic acids is 3. The van der Waals surface area contributed by atoms with Crippen LogP contribution in [-0.2, 0) is 28.6 Å². The first-order valence-corrected chi connectivity index (χ1v) is 14.3. The van der Waals surface area contributed by atoms with Gasteiger partial charge in [0.25, 0.3) is 0 Å². The van der Waals surface area contributed by atoms with E-state index in [4.69, 9.17) is 14.2 Å². The summed E-state index contributed by atoms with van der Waals surface area (Å²) in [5, 5.41) is 18.6. The number of piperidine rings is 1. The average Bonchev–Trinajstić information content (AvgIpc) is 3.03. The van der Waals surface area contributed by atoms with Crippen LogP contribution in [0.3, 0.4) is 0 Å². The van der Waals surface area contributed by atoms with E-state index in [9.17, 15) is 38.6 Å². The van der Waals surface area contributed by atoms with Crippen molar-refractivity contribution >= 4 is 29.8 Å². The molecule has 0 saturated carbocycles. The number of hydrogen-bond donors (Lipinski definition) is 2. The van der Waals surface area contributed by atoms with Gasteiger partial charge in [-0.1, -0.05) is 47.5 Å². The van der Waals surface area contributed by atoms with E-state index >= 15 is 0 Å². The van der Waals surface area contributed by atoms with E-state index in [1.54, 1.807) is 50.2 Å². The molecule has 0 aromatic heterocycles. The van der Waals surface area contributed by atoms with Gasteiger partial charge < -0.3 is 29.3 Å². The summed E-state index contributed by atoms with van der Waals surface area (Å²) in [5.41, 5.74) is 2.81. The van der Waals surface area contributed by atoms with Crippen molar-refractivity contribution in [3.8, 4) is 0 Å². The molecule has 2 N–H and O–H groups in total. The second kappa shape index (κ2) is 16.3. The molecule has 0 bridgehead atoms. The molecule has 11 nitrogen and oxygen atoms in total. The number of methoxy groups -OCH3 is 1. The number of ether oxygens (including phenoxy) is 3. The van der Waals surface area contributed by atoms with Crippen LogP contribution in [0, 0.1) is 25.6 Å². The fraction of sp³-hybridized carbons (Fsp3) is 0.324. The van der Waals surface area contributed by atoms with Gasteiger partial charge in [-0.05, 0) is 81.7 Å². The number of carboxylic acids is 2. The Bertz CT molecular complexity index is 1450. The minimum Gasteiger partial charge on any atom is -0.478 e. The maximum absolute atomic E-state index is 12.9. The normalized spacial score (nSPS) is 17.3. The molecule has 0 spiro atoms. The third-order valence-corrected chi connectivity index (χ3v) is 7.42. The van der Waals surface area contributed by atoms with Gasteiger partial charge in [-0.2, -0.15) is 0 Å². The maximum Gasteiger partial charge on any atom is 0.349 e. The van der Waals surface area contributed by atoms with Crippen LogP contribution < -0.4 is 0 Å². The Hall–Kier alpha value is -5.10. The van der Waals surface area contributed by atoms with E-state index in [2.05, 4.69) is 4.90 Å². The van der Waals surface area contributed by atoms with Gasteiger partial charge in [-0.25, -0.2) is 23.6 Å². The van der Waals surface area contributed by atoms with Crippen LogP contribution in [0.2, 0.25) is 0 Å². The number of benzene rings is 3.